The van der Waals surface area contributed by atoms with Gasteiger partial charge in [-0.25, -0.2) is 4.90 Å². The van der Waals surface area contributed by atoms with E-state index in [9.17, 15) is 0 Å². The molecule has 0 amide bonds. The van der Waals surface area contributed by atoms with Crippen LogP contribution in [0.25, 0.3) is 0 Å². The third-order valence-electron chi connectivity index (χ3n) is 2.46. The topological polar surface area (TPSA) is 30.9 Å². The largest absolute Gasteiger partial charge is 0.383 e. The van der Waals surface area contributed by atoms with Crippen LogP contribution < -0.4 is 0 Å². The Labute approximate surface area is 79.8 Å². The van der Waals surface area contributed by atoms with Crippen molar-refractivity contribution in [2.75, 3.05) is 34.5 Å². The fourth-order valence-corrected chi connectivity index (χ4v) is 1.87. The summed E-state index contributed by atoms with van der Waals surface area (Å²) in [5.74, 6) is 0. The van der Waals surface area contributed by atoms with E-state index in [-0.39, 0.29) is 6.41 Å². The highest BCUT2D eigenvalue weighted by molar-refractivity contribution is 4.78. The van der Waals surface area contributed by atoms with E-state index in [1.165, 1.54) is 6.42 Å². The van der Waals surface area contributed by atoms with Crippen LogP contribution in [0.5, 0.6) is 0 Å². The Bertz CT molecular complexity index is 139. The molecular weight excluding hydrogens is 170 g/mol. The summed E-state index contributed by atoms with van der Waals surface area (Å²) in [6, 6.07) is 0.440. The monoisotopic (exact) mass is 189 g/mol. The molecule has 1 unspecified atom stereocenters. The van der Waals surface area contributed by atoms with Crippen molar-refractivity contribution in [1.29, 1.82) is 0 Å². The number of methoxy groups -OCH3 is 3. The fraction of sp³-hybridized carbons (Fsp3) is 1.00. The van der Waals surface area contributed by atoms with Gasteiger partial charge in [0.2, 0.25) is 6.41 Å². The van der Waals surface area contributed by atoms with E-state index in [0.29, 0.717) is 6.04 Å². The van der Waals surface area contributed by atoms with Crippen molar-refractivity contribution < 1.29 is 14.2 Å². The average Bonchev–Trinajstić information content (AvgIpc) is 2.57. The zero-order chi connectivity index (χ0) is 9.68. The number of nitrogens with zero attached hydrogens (tertiary/aromatic N) is 1. The van der Waals surface area contributed by atoms with E-state index in [4.69, 9.17) is 14.2 Å². The highest BCUT2D eigenvalue weighted by Crippen LogP contribution is 2.20. The molecule has 0 aromatic carbocycles. The van der Waals surface area contributed by atoms with Gasteiger partial charge in [-0.2, -0.15) is 0 Å². The molecule has 0 aromatic rings. The Hall–Kier alpha value is -0.160. The highest BCUT2D eigenvalue weighted by Gasteiger charge is 2.30. The summed E-state index contributed by atoms with van der Waals surface area (Å²) < 4.78 is 15.6. The third kappa shape index (κ3) is 2.64. The zero-order valence-corrected chi connectivity index (χ0v) is 8.66. The Balaban J connectivity index is 2.45. The van der Waals surface area contributed by atoms with Crippen LogP contribution in [0, 0.1) is 0 Å². The Morgan fingerprint density at radius 1 is 1.31 bits per heavy atom. The van der Waals surface area contributed by atoms with E-state index in [2.05, 4.69) is 4.90 Å². The summed E-state index contributed by atoms with van der Waals surface area (Å²) in [4.78, 5) is 2.20. The maximum Gasteiger partial charge on any atom is 0.218 e. The zero-order valence-electron chi connectivity index (χ0n) is 8.66. The molecule has 1 fully saturated rings. The van der Waals surface area contributed by atoms with Crippen molar-refractivity contribution in [1.82, 2.24) is 4.90 Å². The molecule has 1 atom stereocenters. The van der Waals surface area contributed by atoms with Crippen LogP contribution in [-0.2, 0) is 14.2 Å². The van der Waals surface area contributed by atoms with Crippen LogP contribution in [0.3, 0.4) is 0 Å². The maximum atomic E-state index is 5.21. The molecule has 78 valence electrons. The van der Waals surface area contributed by atoms with Crippen LogP contribution in [0.15, 0.2) is 0 Å². The molecule has 4 nitrogen and oxygen atoms in total. The molecule has 0 saturated carbocycles. The van der Waals surface area contributed by atoms with E-state index >= 15 is 0 Å². The molecule has 1 heterocycles. The van der Waals surface area contributed by atoms with E-state index in [0.717, 1.165) is 19.6 Å². The number of rotatable bonds is 5. The molecule has 0 spiro atoms. The molecule has 4 heteroatoms. The summed E-state index contributed by atoms with van der Waals surface area (Å²) in [7, 11) is 5.05. The van der Waals surface area contributed by atoms with Crippen molar-refractivity contribution in [2.24, 2.45) is 0 Å². The van der Waals surface area contributed by atoms with Gasteiger partial charge in [0, 0.05) is 33.9 Å². The van der Waals surface area contributed by atoms with Crippen molar-refractivity contribution >= 4 is 0 Å². The van der Waals surface area contributed by atoms with Gasteiger partial charge in [-0.3, -0.25) is 0 Å². The first-order valence-electron chi connectivity index (χ1n) is 4.63. The van der Waals surface area contributed by atoms with E-state index in [1.54, 1.807) is 21.3 Å². The lowest BCUT2D eigenvalue weighted by Gasteiger charge is -2.29. The van der Waals surface area contributed by atoms with Gasteiger partial charge in [-0.1, -0.05) is 0 Å². The highest BCUT2D eigenvalue weighted by atomic mass is 16.7. The lowest BCUT2D eigenvalue weighted by atomic mass is 10.2. The standard InChI is InChI=1S/C9H19NO3/c1-11-7-8-5-4-6-10(8)9(12-2)13-3/h8-9H,4-7H2,1-3H3. The normalized spacial score (nSPS) is 24.5. The summed E-state index contributed by atoms with van der Waals surface area (Å²) in [5, 5.41) is 0. The van der Waals surface area contributed by atoms with Gasteiger partial charge in [0.25, 0.3) is 0 Å². The van der Waals surface area contributed by atoms with Crippen molar-refractivity contribution in [3.05, 3.63) is 0 Å². The number of hydrogen-bond acceptors (Lipinski definition) is 4. The molecular formula is C9H19NO3. The Kier molecular flexibility index (Phi) is 4.66. The fourth-order valence-electron chi connectivity index (χ4n) is 1.87. The quantitative estimate of drug-likeness (QED) is 0.595. The van der Waals surface area contributed by atoms with Gasteiger partial charge in [0.05, 0.1) is 6.61 Å². The molecule has 1 saturated heterocycles. The Morgan fingerprint density at radius 2 is 2.00 bits per heavy atom. The van der Waals surface area contributed by atoms with Gasteiger partial charge in [-0.05, 0) is 12.8 Å². The SMILES string of the molecule is COCC1CCCN1C(OC)OC. The minimum Gasteiger partial charge on any atom is -0.383 e. The minimum atomic E-state index is -0.220. The first-order valence-corrected chi connectivity index (χ1v) is 4.63. The molecule has 0 radical (unpaired) electrons. The molecule has 0 aromatic heterocycles. The molecule has 0 bridgehead atoms. The van der Waals surface area contributed by atoms with Gasteiger partial charge < -0.3 is 14.2 Å². The molecule has 1 aliphatic rings. The molecule has 0 aliphatic carbocycles. The summed E-state index contributed by atoms with van der Waals surface area (Å²) >= 11 is 0. The van der Waals surface area contributed by atoms with Gasteiger partial charge >= 0.3 is 0 Å². The second-order valence-corrected chi connectivity index (χ2v) is 3.27. The van der Waals surface area contributed by atoms with Crippen molar-refractivity contribution in [2.45, 2.75) is 25.3 Å². The molecule has 13 heavy (non-hydrogen) atoms. The number of hydrogen-bond donors (Lipinski definition) is 0. The van der Waals surface area contributed by atoms with Gasteiger partial charge in [-0.15, -0.1) is 0 Å². The smallest absolute Gasteiger partial charge is 0.218 e. The van der Waals surface area contributed by atoms with Crippen LogP contribution in [0.2, 0.25) is 0 Å². The van der Waals surface area contributed by atoms with Crippen LogP contribution in [-0.4, -0.2) is 51.8 Å². The summed E-state index contributed by atoms with van der Waals surface area (Å²) in [5.41, 5.74) is 0. The van der Waals surface area contributed by atoms with Crippen LogP contribution in [0.1, 0.15) is 12.8 Å². The third-order valence-corrected chi connectivity index (χ3v) is 2.46. The molecule has 0 N–H and O–H groups in total. The lowest BCUT2D eigenvalue weighted by Crippen LogP contribution is -2.43. The van der Waals surface area contributed by atoms with Crippen molar-refractivity contribution in [3.63, 3.8) is 0 Å². The Morgan fingerprint density at radius 3 is 2.54 bits per heavy atom. The van der Waals surface area contributed by atoms with Crippen molar-refractivity contribution in [3.8, 4) is 0 Å². The molecule has 1 rings (SSSR count). The lowest BCUT2D eigenvalue weighted by molar-refractivity contribution is -0.203. The summed E-state index contributed by atoms with van der Waals surface area (Å²) in [6.07, 6.45) is 2.14. The predicted molar refractivity (Wildman–Crippen MR) is 49.4 cm³/mol. The number of ether oxygens (including phenoxy) is 3. The maximum absolute atomic E-state index is 5.21. The summed E-state index contributed by atoms with van der Waals surface area (Å²) in [6.45, 7) is 1.78. The second kappa shape index (κ2) is 5.54. The first-order chi connectivity index (χ1) is 6.33. The molecule has 1 aliphatic heterocycles. The average molecular weight is 189 g/mol. The van der Waals surface area contributed by atoms with Crippen LogP contribution >= 0.6 is 0 Å². The second-order valence-electron chi connectivity index (χ2n) is 3.27. The van der Waals surface area contributed by atoms with E-state index < -0.39 is 0 Å². The predicted octanol–water partition coefficient (Wildman–Crippen LogP) is 0.674. The van der Waals surface area contributed by atoms with E-state index in [1.807, 2.05) is 0 Å². The van der Waals surface area contributed by atoms with Crippen LogP contribution in [0.4, 0.5) is 0 Å². The first kappa shape index (κ1) is 10.9. The van der Waals surface area contributed by atoms with Gasteiger partial charge in [0.15, 0.2) is 0 Å². The minimum absolute atomic E-state index is 0.220. The number of likely N-dealkylation sites (tertiary alicyclic amines) is 1. The van der Waals surface area contributed by atoms with Gasteiger partial charge in [0.1, 0.15) is 0 Å².